The third-order valence-corrected chi connectivity index (χ3v) is 8.42. The standard InChI is InChI=1S/C31H33N5O2S/c1-5-36(6-2)15-14-33-31(38)29-19(3)26(34-20(29)4)17-24-23-16-21(9-10-25(23)35-30(24)37)27-11-12-28(39-27)22-8-7-13-32-18-22/h7-13,16-18,34H,5-6,14-15H2,1-4H3,(H,33,38)(H,35,37)/b24-17-. The highest BCUT2D eigenvalue weighted by molar-refractivity contribution is 7.18. The van der Waals surface area contributed by atoms with E-state index in [1.165, 1.54) is 0 Å². The summed E-state index contributed by atoms with van der Waals surface area (Å²) in [5.74, 6) is -0.250. The number of thiophene rings is 1. The number of rotatable bonds is 9. The van der Waals surface area contributed by atoms with Crippen LogP contribution in [0.25, 0.3) is 32.5 Å². The van der Waals surface area contributed by atoms with Crippen LogP contribution in [-0.4, -0.2) is 52.9 Å². The topological polar surface area (TPSA) is 90.1 Å². The zero-order chi connectivity index (χ0) is 27.5. The number of benzene rings is 1. The Labute approximate surface area is 233 Å². The second-order valence-corrected chi connectivity index (χ2v) is 10.7. The minimum absolute atomic E-state index is 0.0984. The number of fused-ring (bicyclic) bond motifs is 1. The molecule has 0 spiro atoms. The average Bonchev–Trinajstić information content (AvgIpc) is 3.63. The van der Waals surface area contributed by atoms with Gasteiger partial charge in [0.25, 0.3) is 11.8 Å². The fourth-order valence-electron chi connectivity index (χ4n) is 5.00. The number of H-pyrrole nitrogens is 1. The lowest BCUT2D eigenvalue weighted by Gasteiger charge is -2.18. The van der Waals surface area contributed by atoms with E-state index in [2.05, 4.69) is 63.6 Å². The van der Waals surface area contributed by atoms with Crippen molar-refractivity contribution in [2.24, 2.45) is 0 Å². The molecule has 1 aliphatic rings. The molecule has 0 radical (unpaired) electrons. The van der Waals surface area contributed by atoms with Crippen molar-refractivity contribution in [3.05, 3.63) is 82.9 Å². The van der Waals surface area contributed by atoms with Gasteiger partial charge in [-0.25, -0.2) is 0 Å². The number of carbonyl (C=O) groups is 2. The summed E-state index contributed by atoms with van der Waals surface area (Å²) in [4.78, 5) is 38.1. The summed E-state index contributed by atoms with van der Waals surface area (Å²) in [6.45, 7) is 11.4. The van der Waals surface area contributed by atoms with E-state index < -0.39 is 0 Å². The molecule has 0 saturated carbocycles. The number of nitrogens with zero attached hydrogens (tertiary/aromatic N) is 2. The van der Waals surface area contributed by atoms with Gasteiger partial charge in [0.2, 0.25) is 0 Å². The molecule has 200 valence electrons. The predicted octanol–water partition coefficient (Wildman–Crippen LogP) is 5.99. The number of pyridine rings is 1. The number of hydrogen-bond acceptors (Lipinski definition) is 5. The summed E-state index contributed by atoms with van der Waals surface area (Å²) in [6.07, 6.45) is 5.49. The van der Waals surface area contributed by atoms with E-state index in [9.17, 15) is 9.59 Å². The van der Waals surface area contributed by atoms with Gasteiger partial charge in [-0.2, -0.15) is 0 Å². The van der Waals surface area contributed by atoms with Gasteiger partial charge in [0, 0.05) is 63.4 Å². The van der Waals surface area contributed by atoms with Crippen molar-refractivity contribution in [1.82, 2.24) is 20.2 Å². The van der Waals surface area contributed by atoms with Crippen LogP contribution >= 0.6 is 11.3 Å². The van der Waals surface area contributed by atoms with Gasteiger partial charge in [-0.3, -0.25) is 14.6 Å². The van der Waals surface area contributed by atoms with Gasteiger partial charge < -0.3 is 20.5 Å². The van der Waals surface area contributed by atoms with Crippen LogP contribution < -0.4 is 10.6 Å². The molecule has 0 aliphatic carbocycles. The molecular weight excluding hydrogens is 506 g/mol. The van der Waals surface area contributed by atoms with Crippen molar-refractivity contribution in [3.8, 4) is 20.9 Å². The first kappa shape index (κ1) is 26.6. The molecule has 0 saturated heterocycles. The molecular formula is C31H33N5O2S. The first-order chi connectivity index (χ1) is 18.9. The lowest BCUT2D eigenvalue weighted by Crippen LogP contribution is -2.35. The van der Waals surface area contributed by atoms with Crippen molar-refractivity contribution < 1.29 is 9.59 Å². The molecule has 4 aromatic rings. The normalized spacial score (nSPS) is 13.7. The Morgan fingerprint density at radius 1 is 1.08 bits per heavy atom. The SMILES string of the molecule is CCN(CC)CCNC(=O)c1c(C)[nH]c(/C=C2\C(=O)Nc3ccc(-c4ccc(-c5cccnc5)s4)cc32)c1C. The Bertz CT molecular complexity index is 1550. The first-order valence-electron chi connectivity index (χ1n) is 13.3. The van der Waals surface area contributed by atoms with E-state index in [-0.39, 0.29) is 11.8 Å². The van der Waals surface area contributed by atoms with Gasteiger partial charge in [-0.1, -0.05) is 26.0 Å². The molecule has 5 rings (SSSR count). The van der Waals surface area contributed by atoms with Crippen LogP contribution in [0, 0.1) is 13.8 Å². The summed E-state index contributed by atoms with van der Waals surface area (Å²) >= 11 is 1.69. The van der Waals surface area contributed by atoms with Crippen molar-refractivity contribution in [1.29, 1.82) is 0 Å². The Morgan fingerprint density at radius 3 is 2.56 bits per heavy atom. The van der Waals surface area contributed by atoms with Gasteiger partial charge in [-0.15, -0.1) is 11.3 Å². The van der Waals surface area contributed by atoms with Crippen LogP contribution in [0.1, 0.15) is 46.7 Å². The Balaban J connectivity index is 1.41. The molecule has 8 heteroatoms. The minimum Gasteiger partial charge on any atom is -0.358 e. The average molecular weight is 540 g/mol. The van der Waals surface area contributed by atoms with E-state index in [4.69, 9.17) is 0 Å². The molecule has 0 atom stereocenters. The smallest absolute Gasteiger partial charge is 0.256 e. The number of aromatic amines is 1. The Kier molecular flexibility index (Phi) is 7.77. The van der Waals surface area contributed by atoms with Gasteiger partial charge in [0.05, 0.1) is 11.1 Å². The number of aryl methyl sites for hydroxylation is 1. The van der Waals surface area contributed by atoms with Crippen molar-refractivity contribution >= 4 is 40.5 Å². The van der Waals surface area contributed by atoms with Crippen molar-refractivity contribution in [2.75, 3.05) is 31.5 Å². The van der Waals surface area contributed by atoms with Crippen molar-refractivity contribution in [2.45, 2.75) is 27.7 Å². The fraction of sp³-hybridized carbons (Fsp3) is 0.258. The minimum atomic E-state index is -0.152. The molecule has 39 heavy (non-hydrogen) atoms. The van der Waals surface area contributed by atoms with Crippen LogP contribution in [0.4, 0.5) is 5.69 Å². The molecule has 3 aromatic heterocycles. The molecule has 0 bridgehead atoms. The largest absolute Gasteiger partial charge is 0.358 e. The monoisotopic (exact) mass is 539 g/mol. The fourth-order valence-corrected chi connectivity index (χ4v) is 5.99. The van der Waals surface area contributed by atoms with E-state index in [1.807, 2.05) is 44.3 Å². The third kappa shape index (κ3) is 5.44. The lowest BCUT2D eigenvalue weighted by atomic mass is 10.0. The van der Waals surface area contributed by atoms with Gasteiger partial charge in [-0.05, 0) is 74.5 Å². The Morgan fingerprint density at radius 2 is 1.85 bits per heavy atom. The highest BCUT2D eigenvalue weighted by Gasteiger charge is 2.26. The molecule has 1 aromatic carbocycles. The number of nitrogens with one attached hydrogen (secondary N) is 3. The maximum atomic E-state index is 13.0. The second kappa shape index (κ2) is 11.4. The molecule has 7 nitrogen and oxygen atoms in total. The van der Waals surface area contributed by atoms with Crippen LogP contribution in [0.5, 0.6) is 0 Å². The van der Waals surface area contributed by atoms with Crippen LogP contribution in [0.15, 0.2) is 54.9 Å². The maximum absolute atomic E-state index is 13.0. The molecule has 1 aliphatic heterocycles. The molecule has 2 amide bonds. The number of carbonyl (C=O) groups excluding carboxylic acids is 2. The van der Waals surface area contributed by atoms with E-state index >= 15 is 0 Å². The summed E-state index contributed by atoms with van der Waals surface area (Å²) in [5.41, 5.74) is 7.36. The number of anilines is 1. The maximum Gasteiger partial charge on any atom is 0.256 e. The molecule has 4 heterocycles. The molecule has 3 N–H and O–H groups in total. The number of hydrogen-bond donors (Lipinski definition) is 3. The van der Waals surface area contributed by atoms with Crippen LogP contribution in [0.3, 0.4) is 0 Å². The van der Waals surface area contributed by atoms with Gasteiger partial charge in [0.1, 0.15) is 0 Å². The number of likely N-dealkylation sites (N-methyl/N-ethyl adjacent to an activating group) is 1. The van der Waals surface area contributed by atoms with Crippen molar-refractivity contribution in [3.63, 3.8) is 0 Å². The van der Waals surface area contributed by atoms with E-state index in [0.717, 1.165) is 68.7 Å². The lowest BCUT2D eigenvalue weighted by molar-refractivity contribution is -0.110. The number of amides is 2. The first-order valence-corrected chi connectivity index (χ1v) is 14.1. The van der Waals surface area contributed by atoms with Gasteiger partial charge in [0.15, 0.2) is 0 Å². The third-order valence-electron chi connectivity index (χ3n) is 7.24. The zero-order valence-corrected chi connectivity index (χ0v) is 23.5. The Hall–Kier alpha value is -4.01. The summed E-state index contributed by atoms with van der Waals surface area (Å²) in [7, 11) is 0. The van der Waals surface area contributed by atoms with E-state index in [1.54, 1.807) is 17.5 Å². The highest BCUT2D eigenvalue weighted by atomic mass is 32.1. The summed E-state index contributed by atoms with van der Waals surface area (Å²) < 4.78 is 0. The predicted molar refractivity (Wildman–Crippen MR) is 160 cm³/mol. The van der Waals surface area contributed by atoms with Gasteiger partial charge >= 0.3 is 0 Å². The zero-order valence-electron chi connectivity index (χ0n) is 22.7. The van der Waals surface area contributed by atoms with Crippen LogP contribution in [0.2, 0.25) is 0 Å². The summed E-state index contributed by atoms with van der Waals surface area (Å²) in [6, 6.07) is 14.2. The van der Waals surface area contributed by atoms with Crippen LogP contribution in [-0.2, 0) is 4.79 Å². The molecule has 0 fully saturated rings. The highest BCUT2D eigenvalue weighted by Crippen LogP contribution is 2.40. The quantitative estimate of drug-likeness (QED) is 0.228. The second-order valence-electron chi connectivity index (χ2n) is 9.62. The molecule has 0 unspecified atom stereocenters. The summed E-state index contributed by atoms with van der Waals surface area (Å²) in [5, 5.41) is 6.03. The van der Waals surface area contributed by atoms with E-state index in [0.29, 0.717) is 17.7 Å². The number of aromatic nitrogens is 2.